The zero-order valence-electron chi connectivity index (χ0n) is 10.6. The summed E-state index contributed by atoms with van der Waals surface area (Å²) < 4.78 is 5.48. The van der Waals surface area contributed by atoms with Crippen LogP contribution in [0.1, 0.15) is 58.8 Å². The maximum atomic E-state index is 11.9. The summed E-state index contributed by atoms with van der Waals surface area (Å²) in [6, 6.07) is 0. The van der Waals surface area contributed by atoms with Crippen molar-refractivity contribution in [3.05, 3.63) is 0 Å². The molecule has 0 N–H and O–H groups in total. The number of carbonyl (C=O) groups excluding carboxylic acids is 1. The summed E-state index contributed by atoms with van der Waals surface area (Å²) in [6.45, 7) is 4.37. The predicted octanol–water partition coefficient (Wildman–Crippen LogP) is 3.34. The van der Waals surface area contributed by atoms with Crippen molar-refractivity contribution in [2.24, 2.45) is 11.8 Å². The molecule has 2 aliphatic rings. The number of hydrogen-bond acceptors (Lipinski definition) is 2. The Morgan fingerprint density at radius 2 is 1.94 bits per heavy atom. The molecule has 0 amide bonds. The van der Waals surface area contributed by atoms with Crippen LogP contribution in [0.15, 0.2) is 0 Å². The van der Waals surface area contributed by atoms with Gasteiger partial charge in [0.1, 0.15) is 6.10 Å². The van der Waals surface area contributed by atoms with Gasteiger partial charge in [0.2, 0.25) is 0 Å². The van der Waals surface area contributed by atoms with Gasteiger partial charge in [-0.2, -0.15) is 0 Å². The van der Waals surface area contributed by atoms with Gasteiger partial charge in [-0.05, 0) is 18.3 Å². The van der Waals surface area contributed by atoms with Crippen molar-refractivity contribution in [2.75, 3.05) is 0 Å². The zero-order chi connectivity index (χ0) is 11.5. The van der Waals surface area contributed by atoms with Crippen LogP contribution < -0.4 is 0 Å². The Labute approximate surface area is 98.7 Å². The summed E-state index contributed by atoms with van der Waals surface area (Å²) in [5.41, 5.74) is 0. The summed E-state index contributed by atoms with van der Waals surface area (Å²) >= 11 is 0. The molecule has 1 aliphatic heterocycles. The summed E-state index contributed by atoms with van der Waals surface area (Å²) in [5.74, 6) is 1.67. The smallest absolute Gasteiger partial charge is 0.164 e. The van der Waals surface area contributed by atoms with Crippen molar-refractivity contribution >= 4 is 5.78 Å². The van der Waals surface area contributed by atoms with Crippen molar-refractivity contribution in [3.8, 4) is 0 Å². The van der Waals surface area contributed by atoms with Crippen LogP contribution in [0.4, 0.5) is 0 Å². The molecule has 1 saturated heterocycles. The largest absolute Gasteiger partial charge is 0.361 e. The van der Waals surface area contributed by atoms with E-state index in [-0.39, 0.29) is 12.2 Å². The monoisotopic (exact) mass is 224 g/mol. The van der Waals surface area contributed by atoms with E-state index < -0.39 is 0 Å². The Kier molecular flexibility index (Phi) is 4.01. The van der Waals surface area contributed by atoms with Crippen LogP contribution in [-0.2, 0) is 9.53 Å². The molecule has 92 valence electrons. The first kappa shape index (κ1) is 12.1. The molecule has 0 bridgehead atoms. The third-order valence-corrected chi connectivity index (χ3v) is 3.82. The second kappa shape index (κ2) is 5.31. The second-order valence-corrected chi connectivity index (χ2v) is 5.90. The van der Waals surface area contributed by atoms with Crippen LogP contribution in [0.25, 0.3) is 0 Å². The van der Waals surface area contributed by atoms with Gasteiger partial charge in [0.05, 0.1) is 6.10 Å². The molecule has 0 radical (unpaired) electrons. The topological polar surface area (TPSA) is 29.6 Å². The van der Waals surface area contributed by atoms with E-state index in [1.54, 1.807) is 0 Å². The Morgan fingerprint density at radius 1 is 1.25 bits per heavy atom. The first-order chi connectivity index (χ1) is 7.66. The fraction of sp³-hybridized carbons (Fsp3) is 0.929. The minimum Gasteiger partial charge on any atom is -0.361 e. The first-order valence-electron chi connectivity index (χ1n) is 6.85. The predicted molar refractivity (Wildman–Crippen MR) is 64.3 cm³/mol. The lowest BCUT2D eigenvalue weighted by atomic mass is 9.85. The van der Waals surface area contributed by atoms with Crippen LogP contribution >= 0.6 is 0 Å². The van der Waals surface area contributed by atoms with Crippen LogP contribution in [0.2, 0.25) is 0 Å². The Balaban J connectivity index is 1.69. The number of ether oxygens (including phenoxy) is 1. The van der Waals surface area contributed by atoms with Gasteiger partial charge in [0.15, 0.2) is 5.78 Å². The molecule has 2 heteroatoms. The summed E-state index contributed by atoms with van der Waals surface area (Å²) in [6.07, 6.45) is 8.54. The Morgan fingerprint density at radius 3 is 2.56 bits per heavy atom. The third kappa shape index (κ3) is 3.31. The normalized spacial score (nSPS) is 30.7. The molecule has 2 nitrogen and oxygen atoms in total. The summed E-state index contributed by atoms with van der Waals surface area (Å²) in [5, 5.41) is 0. The highest BCUT2D eigenvalue weighted by Gasteiger charge is 2.44. The molecule has 2 fully saturated rings. The van der Waals surface area contributed by atoms with Crippen LogP contribution in [0.3, 0.4) is 0 Å². The van der Waals surface area contributed by atoms with E-state index >= 15 is 0 Å². The number of carbonyl (C=O) groups is 1. The quantitative estimate of drug-likeness (QED) is 0.670. The molecule has 16 heavy (non-hydrogen) atoms. The molecule has 2 rings (SSSR count). The number of Topliss-reactive ketones (excluding diaryl/α,β-unsaturated/α-hetero) is 1. The molecular weight excluding hydrogens is 200 g/mol. The fourth-order valence-corrected chi connectivity index (χ4v) is 2.86. The van der Waals surface area contributed by atoms with Crippen molar-refractivity contribution in [1.82, 2.24) is 0 Å². The molecule has 0 spiro atoms. The van der Waals surface area contributed by atoms with Crippen LogP contribution in [0.5, 0.6) is 0 Å². The minimum atomic E-state index is -0.0377. The molecule has 0 aromatic heterocycles. The van der Waals surface area contributed by atoms with E-state index in [1.807, 2.05) is 0 Å². The van der Waals surface area contributed by atoms with Crippen LogP contribution in [-0.4, -0.2) is 18.0 Å². The standard InChI is InChI=1S/C14H24O2/c1-10(2)8-13-14(16-13)12(15)9-11-6-4-3-5-7-11/h10-11,13-14H,3-9H2,1-2H3/t13-,14-/m0/s1. The lowest BCUT2D eigenvalue weighted by Gasteiger charge is -2.20. The molecule has 1 aliphatic carbocycles. The van der Waals surface area contributed by atoms with E-state index in [9.17, 15) is 4.79 Å². The first-order valence-corrected chi connectivity index (χ1v) is 6.85. The average molecular weight is 224 g/mol. The molecule has 0 aromatic rings. The van der Waals surface area contributed by atoms with E-state index in [2.05, 4.69) is 13.8 Å². The van der Waals surface area contributed by atoms with Crippen molar-refractivity contribution in [2.45, 2.75) is 71.0 Å². The number of epoxide rings is 1. The fourth-order valence-electron chi connectivity index (χ4n) is 2.86. The third-order valence-electron chi connectivity index (χ3n) is 3.82. The molecule has 0 unspecified atom stereocenters. The maximum absolute atomic E-state index is 11.9. The van der Waals surface area contributed by atoms with Crippen molar-refractivity contribution in [3.63, 3.8) is 0 Å². The minimum absolute atomic E-state index is 0.0377. The Hall–Kier alpha value is -0.370. The SMILES string of the molecule is CC(C)C[C@@H]1O[C@H]1C(=O)CC1CCCCC1. The molecule has 2 atom stereocenters. The molecular formula is C14H24O2. The van der Waals surface area contributed by atoms with Gasteiger partial charge in [0.25, 0.3) is 0 Å². The number of ketones is 1. The average Bonchev–Trinajstić information content (AvgIpc) is 2.97. The van der Waals surface area contributed by atoms with Crippen molar-refractivity contribution in [1.29, 1.82) is 0 Å². The summed E-state index contributed by atoms with van der Waals surface area (Å²) in [7, 11) is 0. The van der Waals surface area contributed by atoms with Gasteiger partial charge in [-0.15, -0.1) is 0 Å². The van der Waals surface area contributed by atoms with Crippen LogP contribution in [0, 0.1) is 11.8 Å². The van der Waals surface area contributed by atoms with Gasteiger partial charge in [-0.3, -0.25) is 4.79 Å². The zero-order valence-corrected chi connectivity index (χ0v) is 10.6. The van der Waals surface area contributed by atoms with E-state index in [4.69, 9.17) is 4.74 Å². The van der Waals surface area contributed by atoms with Gasteiger partial charge in [-0.25, -0.2) is 0 Å². The molecule has 1 saturated carbocycles. The van der Waals surface area contributed by atoms with Gasteiger partial charge >= 0.3 is 0 Å². The molecule has 1 heterocycles. The van der Waals surface area contributed by atoms with E-state index in [1.165, 1.54) is 32.1 Å². The summed E-state index contributed by atoms with van der Waals surface area (Å²) in [4.78, 5) is 11.9. The van der Waals surface area contributed by atoms with Gasteiger partial charge in [0, 0.05) is 6.42 Å². The highest BCUT2D eigenvalue weighted by atomic mass is 16.6. The lowest BCUT2D eigenvalue weighted by molar-refractivity contribution is -0.121. The molecule has 0 aromatic carbocycles. The van der Waals surface area contributed by atoms with Crippen molar-refractivity contribution < 1.29 is 9.53 Å². The van der Waals surface area contributed by atoms with Gasteiger partial charge in [-0.1, -0.05) is 46.0 Å². The van der Waals surface area contributed by atoms with E-state index in [0.717, 1.165) is 12.8 Å². The maximum Gasteiger partial charge on any atom is 0.164 e. The van der Waals surface area contributed by atoms with E-state index in [0.29, 0.717) is 17.6 Å². The number of rotatable bonds is 5. The highest BCUT2D eigenvalue weighted by Crippen LogP contribution is 2.33. The Bertz CT molecular complexity index is 241. The number of hydrogen-bond donors (Lipinski definition) is 0. The lowest BCUT2D eigenvalue weighted by Crippen LogP contribution is -2.17. The second-order valence-electron chi connectivity index (χ2n) is 5.90. The highest BCUT2D eigenvalue weighted by molar-refractivity contribution is 5.86. The van der Waals surface area contributed by atoms with Gasteiger partial charge < -0.3 is 4.74 Å².